The molecule has 0 radical (unpaired) electrons. The van der Waals surface area contributed by atoms with E-state index in [0.717, 1.165) is 0 Å². The summed E-state index contributed by atoms with van der Waals surface area (Å²) in [6, 6.07) is 4.79. The minimum atomic E-state index is -1.37. The van der Waals surface area contributed by atoms with Crippen LogP contribution in [0.5, 0.6) is 0 Å². The van der Waals surface area contributed by atoms with Gasteiger partial charge in [-0.25, -0.2) is 14.0 Å². The van der Waals surface area contributed by atoms with Gasteiger partial charge in [0.25, 0.3) is 0 Å². The van der Waals surface area contributed by atoms with E-state index in [9.17, 15) is 14.0 Å². The van der Waals surface area contributed by atoms with Crippen LogP contribution >= 0.6 is 0 Å². The molecule has 0 aliphatic carbocycles. The van der Waals surface area contributed by atoms with Crippen LogP contribution in [0.4, 0.5) is 9.18 Å². The number of carboxylic acid groups (broad SMARTS) is 1. The lowest BCUT2D eigenvalue weighted by atomic mass is 10.1. The third-order valence-corrected chi connectivity index (χ3v) is 2.66. The quantitative estimate of drug-likeness (QED) is 0.782. The van der Waals surface area contributed by atoms with E-state index in [2.05, 4.69) is 10.6 Å². The van der Waals surface area contributed by atoms with Gasteiger partial charge in [-0.15, -0.1) is 0 Å². The van der Waals surface area contributed by atoms with Crippen LogP contribution in [0, 0.1) is 5.82 Å². The van der Waals surface area contributed by atoms with Gasteiger partial charge in [0.15, 0.2) is 0 Å². The Morgan fingerprint density at radius 3 is 2.53 bits per heavy atom. The van der Waals surface area contributed by atoms with E-state index in [-0.39, 0.29) is 0 Å². The van der Waals surface area contributed by atoms with Crippen LogP contribution in [0.2, 0.25) is 0 Å². The maximum atomic E-state index is 13.0. The lowest BCUT2D eigenvalue weighted by molar-refractivity contribution is -0.142. The van der Waals surface area contributed by atoms with E-state index in [1.165, 1.54) is 26.0 Å². The first-order valence-corrected chi connectivity index (χ1v) is 5.80. The van der Waals surface area contributed by atoms with Crippen molar-refractivity contribution in [2.75, 3.05) is 0 Å². The summed E-state index contributed by atoms with van der Waals surface area (Å²) < 4.78 is 13.0. The fraction of sp³-hybridized carbons (Fsp3) is 0.385. The Morgan fingerprint density at radius 2 is 2.00 bits per heavy atom. The first-order chi connectivity index (χ1) is 8.72. The van der Waals surface area contributed by atoms with Gasteiger partial charge in [0.1, 0.15) is 11.4 Å². The Balaban J connectivity index is 2.65. The number of nitrogens with one attached hydrogen (secondary N) is 2. The molecule has 3 N–H and O–H groups in total. The average molecular weight is 268 g/mol. The average Bonchev–Trinajstić information content (AvgIpc) is 2.27. The predicted molar refractivity (Wildman–Crippen MR) is 68.2 cm³/mol. The summed E-state index contributed by atoms with van der Waals surface area (Å²) in [5.74, 6) is -1.53. The van der Waals surface area contributed by atoms with Gasteiger partial charge in [0.05, 0.1) is 6.04 Å². The number of amides is 2. The molecule has 5 nitrogen and oxygen atoms in total. The number of hydrogen-bond acceptors (Lipinski definition) is 2. The molecule has 0 aliphatic heterocycles. The smallest absolute Gasteiger partial charge is 0.328 e. The molecule has 0 fully saturated rings. The number of benzene rings is 1. The number of rotatable bonds is 4. The zero-order chi connectivity index (χ0) is 14.6. The molecule has 19 heavy (non-hydrogen) atoms. The van der Waals surface area contributed by atoms with Crippen LogP contribution in [0.3, 0.4) is 0 Å². The first kappa shape index (κ1) is 14.9. The standard InChI is InChI=1S/C13H17FN2O3/c1-8(9-5-4-6-10(14)7-9)15-12(19)16-13(2,3)11(17)18/h4-8H,1-3H3,(H,17,18)(H2,15,16,19). The van der Waals surface area contributed by atoms with E-state index in [1.807, 2.05) is 0 Å². The van der Waals surface area contributed by atoms with Crippen molar-refractivity contribution in [3.8, 4) is 0 Å². The topological polar surface area (TPSA) is 78.4 Å². The summed E-state index contributed by atoms with van der Waals surface area (Å²) in [5, 5.41) is 13.8. The predicted octanol–water partition coefficient (Wildman–Crippen LogP) is 2.05. The van der Waals surface area contributed by atoms with Gasteiger partial charge in [0.2, 0.25) is 0 Å². The van der Waals surface area contributed by atoms with Crippen LogP contribution in [-0.4, -0.2) is 22.6 Å². The Bertz CT molecular complexity index is 489. The third-order valence-electron chi connectivity index (χ3n) is 2.66. The fourth-order valence-corrected chi connectivity index (χ4v) is 1.43. The van der Waals surface area contributed by atoms with Crippen molar-refractivity contribution in [2.24, 2.45) is 0 Å². The molecule has 0 saturated carbocycles. The molecule has 0 aliphatic rings. The highest BCUT2D eigenvalue weighted by Gasteiger charge is 2.29. The summed E-state index contributed by atoms with van der Waals surface area (Å²) in [6.45, 7) is 4.44. The van der Waals surface area contributed by atoms with Crippen molar-refractivity contribution < 1.29 is 19.1 Å². The summed E-state index contributed by atoms with van der Waals surface area (Å²) in [5.41, 5.74) is -0.769. The Hall–Kier alpha value is -2.11. The maximum Gasteiger partial charge on any atom is 0.328 e. The summed E-state index contributed by atoms with van der Waals surface area (Å²) in [4.78, 5) is 22.5. The minimum absolute atomic E-state index is 0.391. The lowest BCUT2D eigenvalue weighted by Crippen LogP contribution is -2.53. The summed E-state index contributed by atoms with van der Waals surface area (Å²) in [7, 11) is 0. The molecule has 0 spiro atoms. The molecular weight excluding hydrogens is 251 g/mol. The number of hydrogen-bond donors (Lipinski definition) is 3. The molecular formula is C13H17FN2O3. The second-order valence-electron chi connectivity index (χ2n) is 4.81. The van der Waals surface area contributed by atoms with E-state index in [0.29, 0.717) is 5.56 Å². The highest BCUT2D eigenvalue weighted by Crippen LogP contribution is 2.13. The molecule has 0 heterocycles. The van der Waals surface area contributed by atoms with Gasteiger partial charge in [-0.05, 0) is 38.5 Å². The Kier molecular flexibility index (Phi) is 4.47. The highest BCUT2D eigenvalue weighted by molar-refractivity contribution is 5.85. The lowest BCUT2D eigenvalue weighted by Gasteiger charge is -2.23. The molecule has 1 rings (SSSR count). The van der Waals surface area contributed by atoms with Crippen LogP contribution in [0.15, 0.2) is 24.3 Å². The first-order valence-electron chi connectivity index (χ1n) is 5.80. The van der Waals surface area contributed by atoms with Crippen molar-refractivity contribution in [1.82, 2.24) is 10.6 Å². The number of carbonyl (C=O) groups excluding carboxylic acids is 1. The van der Waals surface area contributed by atoms with Crippen molar-refractivity contribution >= 4 is 12.0 Å². The molecule has 6 heteroatoms. The number of carbonyl (C=O) groups is 2. The molecule has 0 bridgehead atoms. The fourth-order valence-electron chi connectivity index (χ4n) is 1.43. The SMILES string of the molecule is CC(NC(=O)NC(C)(C)C(=O)O)c1cccc(F)c1. The number of halogens is 1. The molecule has 1 unspecified atom stereocenters. The Labute approximate surface area is 110 Å². The van der Waals surface area contributed by atoms with E-state index >= 15 is 0 Å². The van der Waals surface area contributed by atoms with Gasteiger partial charge >= 0.3 is 12.0 Å². The molecule has 1 atom stereocenters. The van der Waals surface area contributed by atoms with E-state index in [4.69, 9.17) is 5.11 Å². The summed E-state index contributed by atoms with van der Waals surface area (Å²) >= 11 is 0. The van der Waals surface area contributed by atoms with Gasteiger partial charge in [-0.2, -0.15) is 0 Å². The van der Waals surface area contributed by atoms with Crippen LogP contribution in [0.1, 0.15) is 32.4 Å². The van der Waals surface area contributed by atoms with Gasteiger partial charge < -0.3 is 15.7 Å². The molecule has 0 aromatic heterocycles. The van der Waals surface area contributed by atoms with Crippen molar-refractivity contribution in [2.45, 2.75) is 32.4 Å². The molecule has 1 aromatic rings. The van der Waals surface area contributed by atoms with Gasteiger partial charge in [0, 0.05) is 0 Å². The second kappa shape index (κ2) is 5.69. The Morgan fingerprint density at radius 1 is 1.37 bits per heavy atom. The third kappa shape index (κ3) is 4.24. The van der Waals surface area contributed by atoms with Crippen molar-refractivity contribution in [3.63, 3.8) is 0 Å². The van der Waals surface area contributed by atoms with Crippen molar-refractivity contribution in [1.29, 1.82) is 0 Å². The monoisotopic (exact) mass is 268 g/mol. The molecule has 0 saturated heterocycles. The number of urea groups is 1. The van der Waals surface area contributed by atoms with E-state index in [1.54, 1.807) is 19.1 Å². The summed E-state index contributed by atoms with van der Waals surface area (Å²) in [6.07, 6.45) is 0. The maximum absolute atomic E-state index is 13.0. The zero-order valence-electron chi connectivity index (χ0n) is 11.0. The van der Waals surface area contributed by atoms with Gasteiger partial charge in [-0.3, -0.25) is 0 Å². The number of aliphatic carboxylic acids is 1. The van der Waals surface area contributed by atoms with Crippen LogP contribution < -0.4 is 10.6 Å². The van der Waals surface area contributed by atoms with E-state index < -0.39 is 29.4 Å². The largest absolute Gasteiger partial charge is 0.480 e. The van der Waals surface area contributed by atoms with Crippen molar-refractivity contribution in [3.05, 3.63) is 35.6 Å². The molecule has 1 aromatic carbocycles. The van der Waals surface area contributed by atoms with Crippen LogP contribution in [-0.2, 0) is 4.79 Å². The molecule has 2 amide bonds. The normalized spacial score (nSPS) is 12.6. The minimum Gasteiger partial charge on any atom is -0.480 e. The highest BCUT2D eigenvalue weighted by atomic mass is 19.1. The van der Waals surface area contributed by atoms with Gasteiger partial charge in [-0.1, -0.05) is 12.1 Å². The zero-order valence-corrected chi connectivity index (χ0v) is 11.0. The molecule has 104 valence electrons. The second-order valence-corrected chi connectivity index (χ2v) is 4.81. The van der Waals surface area contributed by atoms with Crippen LogP contribution in [0.25, 0.3) is 0 Å². The number of carboxylic acids is 1.